The predicted octanol–water partition coefficient (Wildman–Crippen LogP) is 4.93. The average molecular weight is 397 g/mol. The average Bonchev–Trinajstić information content (AvgIpc) is 3.13. The molecule has 0 saturated carbocycles. The lowest BCUT2D eigenvalue weighted by molar-refractivity contribution is -0.125. The van der Waals surface area contributed by atoms with Gasteiger partial charge in [-0.05, 0) is 43.4 Å². The van der Waals surface area contributed by atoms with Crippen LogP contribution in [0.2, 0.25) is 5.02 Å². The van der Waals surface area contributed by atoms with Crippen LogP contribution >= 0.6 is 22.9 Å². The van der Waals surface area contributed by atoms with E-state index in [2.05, 4.69) is 17.4 Å². The number of benzene rings is 2. The zero-order valence-electron chi connectivity index (χ0n) is 15.0. The molecule has 1 heterocycles. The van der Waals surface area contributed by atoms with Gasteiger partial charge in [-0.3, -0.25) is 4.79 Å². The summed E-state index contributed by atoms with van der Waals surface area (Å²) in [5.74, 6) is 0.205. The molecular weight excluding hydrogens is 376 g/mol. The summed E-state index contributed by atoms with van der Waals surface area (Å²) in [6.45, 7) is 0.655. The third-order valence-corrected chi connectivity index (χ3v) is 6.38. The van der Waals surface area contributed by atoms with Gasteiger partial charge in [0.2, 0.25) is 5.91 Å². The summed E-state index contributed by atoms with van der Waals surface area (Å²) in [6.07, 6.45) is 3.37. The molecule has 3 aromatic rings. The minimum atomic E-state index is 0.0480. The van der Waals surface area contributed by atoms with Crippen LogP contribution in [0.3, 0.4) is 0 Å². The summed E-state index contributed by atoms with van der Waals surface area (Å²) in [6, 6.07) is 18.0. The minimum absolute atomic E-state index is 0.0480. The Balaban J connectivity index is 1.34. The first-order chi connectivity index (χ1) is 13.2. The largest absolute Gasteiger partial charge is 0.356 e. The van der Waals surface area contributed by atoms with Gasteiger partial charge in [-0.1, -0.05) is 54.1 Å². The molecule has 1 amide bonds. The van der Waals surface area contributed by atoms with Crippen molar-refractivity contribution in [2.45, 2.75) is 25.7 Å². The molecular formula is C22H21ClN2OS. The third-order valence-electron chi connectivity index (χ3n) is 4.96. The molecule has 0 radical (unpaired) electrons. The molecule has 0 saturated heterocycles. The van der Waals surface area contributed by atoms with Crippen molar-refractivity contribution in [3.05, 3.63) is 75.8 Å². The SMILES string of the molecule is O=C(NCCc1ccc(Cl)cc1)C1CCc2nc(-c3ccccc3)sc2C1. The van der Waals surface area contributed by atoms with E-state index < -0.39 is 0 Å². The van der Waals surface area contributed by atoms with Crippen LogP contribution in [0.4, 0.5) is 0 Å². The Morgan fingerprint density at radius 2 is 1.93 bits per heavy atom. The number of amides is 1. The van der Waals surface area contributed by atoms with Crippen molar-refractivity contribution in [1.82, 2.24) is 10.3 Å². The highest BCUT2D eigenvalue weighted by Crippen LogP contribution is 2.34. The van der Waals surface area contributed by atoms with Gasteiger partial charge >= 0.3 is 0 Å². The van der Waals surface area contributed by atoms with Crippen molar-refractivity contribution in [2.75, 3.05) is 6.54 Å². The summed E-state index contributed by atoms with van der Waals surface area (Å²) in [5, 5.41) is 4.89. The van der Waals surface area contributed by atoms with Gasteiger partial charge in [0.25, 0.3) is 0 Å². The first-order valence-electron chi connectivity index (χ1n) is 9.25. The zero-order valence-corrected chi connectivity index (χ0v) is 16.5. The first kappa shape index (κ1) is 18.2. The summed E-state index contributed by atoms with van der Waals surface area (Å²) in [7, 11) is 0. The van der Waals surface area contributed by atoms with E-state index in [1.165, 1.54) is 16.1 Å². The van der Waals surface area contributed by atoms with Crippen LogP contribution in [0.5, 0.6) is 0 Å². The number of hydrogen-bond acceptors (Lipinski definition) is 3. The predicted molar refractivity (Wildman–Crippen MR) is 111 cm³/mol. The number of nitrogens with one attached hydrogen (secondary N) is 1. The van der Waals surface area contributed by atoms with Crippen molar-refractivity contribution in [1.29, 1.82) is 0 Å². The first-order valence-corrected chi connectivity index (χ1v) is 10.4. The zero-order chi connectivity index (χ0) is 18.6. The van der Waals surface area contributed by atoms with E-state index in [1.54, 1.807) is 11.3 Å². The van der Waals surface area contributed by atoms with Crippen LogP contribution in [-0.2, 0) is 24.1 Å². The molecule has 1 unspecified atom stereocenters. The van der Waals surface area contributed by atoms with Crippen molar-refractivity contribution in [3.8, 4) is 10.6 Å². The normalized spacial score (nSPS) is 16.0. The number of carbonyl (C=O) groups excluding carboxylic acids is 1. The van der Waals surface area contributed by atoms with E-state index in [1.807, 2.05) is 42.5 Å². The number of aromatic nitrogens is 1. The van der Waals surface area contributed by atoms with Crippen LogP contribution in [-0.4, -0.2) is 17.4 Å². The Hall–Kier alpha value is -2.17. The molecule has 5 heteroatoms. The smallest absolute Gasteiger partial charge is 0.223 e. The lowest BCUT2D eigenvalue weighted by Gasteiger charge is -2.20. The summed E-state index contributed by atoms with van der Waals surface area (Å²) in [5.41, 5.74) is 3.51. The maximum absolute atomic E-state index is 12.6. The molecule has 4 rings (SSSR count). The molecule has 0 bridgehead atoms. The second kappa shape index (κ2) is 8.24. The minimum Gasteiger partial charge on any atom is -0.356 e. The molecule has 1 N–H and O–H groups in total. The molecule has 2 aromatic carbocycles. The van der Waals surface area contributed by atoms with Gasteiger partial charge in [0.1, 0.15) is 5.01 Å². The van der Waals surface area contributed by atoms with E-state index >= 15 is 0 Å². The molecule has 1 atom stereocenters. The van der Waals surface area contributed by atoms with E-state index in [9.17, 15) is 4.79 Å². The van der Waals surface area contributed by atoms with Crippen LogP contribution in [0.1, 0.15) is 22.6 Å². The fourth-order valence-electron chi connectivity index (χ4n) is 3.43. The van der Waals surface area contributed by atoms with Crippen molar-refractivity contribution < 1.29 is 4.79 Å². The highest BCUT2D eigenvalue weighted by molar-refractivity contribution is 7.15. The quantitative estimate of drug-likeness (QED) is 0.664. The van der Waals surface area contributed by atoms with Gasteiger partial charge in [-0.15, -0.1) is 11.3 Å². The monoisotopic (exact) mass is 396 g/mol. The molecule has 3 nitrogen and oxygen atoms in total. The molecule has 1 aliphatic rings. The van der Waals surface area contributed by atoms with E-state index in [-0.39, 0.29) is 11.8 Å². The molecule has 1 aromatic heterocycles. The number of nitrogens with zero attached hydrogens (tertiary/aromatic N) is 1. The molecule has 1 aliphatic carbocycles. The Morgan fingerprint density at radius 3 is 2.70 bits per heavy atom. The number of halogens is 1. The highest BCUT2D eigenvalue weighted by Gasteiger charge is 2.27. The van der Waals surface area contributed by atoms with E-state index in [0.717, 1.165) is 41.3 Å². The van der Waals surface area contributed by atoms with Crippen molar-refractivity contribution in [2.24, 2.45) is 5.92 Å². The molecule has 138 valence electrons. The fraction of sp³-hybridized carbons (Fsp3) is 0.273. The van der Waals surface area contributed by atoms with Crippen molar-refractivity contribution in [3.63, 3.8) is 0 Å². The Labute approximate surface area is 168 Å². The second-order valence-corrected chi connectivity index (χ2v) is 8.38. The lowest BCUT2D eigenvalue weighted by atomic mass is 9.90. The number of hydrogen-bond donors (Lipinski definition) is 1. The molecule has 0 fully saturated rings. The lowest BCUT2D eigenvalue weighted by Crippen LogP contribution is -2.35. The van der Waals surface area contributed by atoms with Gasteiger partial charge in [0, 0.05) is 27.9 Å². The molecule has 0 aliphatic heterocycles. The topological polar surface area (TPSA) is 42.0 Å². The van der Waals surface area contributed by atoms with Crippen LogP contribution in [0.25, 0.3) is 10.6 Å². The molecule has 27 heavy (non-hydrogen) atoms. The number of thiazole rings is 1. The number of aryl methyl sites for hydroxylation is 1. The van der Waals surface area contributed by atoms with E-state index in [4.69, 9.17) is 16.6 Å². The molecule has 0 spiro atoms. The second-order valence-electron chi connectivity index (χ2n) is 6.86. The summed E-state index contributed by atoms with van der Waals surface area (Å²) < 4.78 is 0. The number of fused-ring (bicyclic) bond motifs is 1. The maximum Gasteiger partial charge on any atom is 0.223 e. The highest BCUT2D eigenvalue weighted by atomic mass is 35.5. The Morgan fingerprint density at radius 1 is 1.15 bits per heavy atom. The van der Waals surface area contributed by atoms with Gasteiger partial charge in [-0.25, -0.2) is 4.98 Å². The number of rotatable bonds is 5. The van der Waals surface area contributed by atoms with Gasteiger partial charge in [-0.2, -0.15) is 0 Å². The Kier molecular flexibility index (Phi) is 5.55. The summed E-state index contributed by atoms with van der Waals surface area (Å²) in [4.78, 5) is 18.6. The third kappa shape index (κ3) is 4.40. The fourth-order valence-corrected chi connectivity index (χ4v) is 4.75. The van der Waals surface area contributed by atoms with Gasteiger partial charge in [0.15, 0.2) is 0 Å². The van der Waals surface area contributed by atoms with Crippen molar-refractivity contribution >= 4 is 28.8 Å². The maximum atomic E-state index is 12.6. The standard InChI is InChI=1S/C22H21ClN2OS/c23-18-9-6-15(7-10-18)12-13-24-21(26)17-8-11-19-20(14-17)27-22(25-19)16-4-2-1-3-5-16/h1-7,9-10,17H,8,11-14H2,(H,24,26). The van der Waals surface area contributed by atoms with Crippen LogP contribution < -0.4 is 5.32 Å². The van der Waals surface area contributed by atoms with E-state index in [0.29, 0.717) is 6.54 Å². The van der Waals surface area contributed by atoms with Crippen LogP contribution in [0, 0.1) is 5.92 Å². The van der Waals surface area contributed by atoms with Crippen LogP contribution in [0.15, 0.2) is 54.6 Å². The Bertz CT molecular complexity index is 921. The summed E-state index contributed by atoms with van der Waals surface area (Å²) >= 11 is 7.63. The number of carbonyl (C=O) groups is 1. The van der Waals surface area contributed by atoms with Gasteiger partial charge in [0.05, 0.1) is 5.69 Å². The van der Waals surface area contributed by atoms with Gasteiger partial charge < -0.3 is 5.32 Å².